The molecule has 4 aromatic heterocycles. The second kappa shape index (κ2) is 15.7. The summed E-state index contributed by atoms with van der Waals surface area (Å²) in [7, 11) is -3.46. The van der Waals surface area contributed by atoms with E-state index >= 15 is 0 Å². The highest BCUT2D eigenvalue weighted by molar-refractivity contribution is 7.90. The van der Waals surface area contributed by atoms with Crippen LogP contribution in [0.5, 0.6) is 0 Å². The molecule has 0 radical (unpaired) electrons. The first-order valence-corrected chi connectivity index (χ1v) is 16.8. The molecule has 45 heavy (non-hydrogen) atoms. The molecule has 0 aliphatic carbocycles. The second-order valence-electron chi connectivity index (χ2n) is 9.93. The van der Waals surface area contributed by atoms with Crippen molar-refractivity contribution in [2.24, 2.45) is 0 Å². The molecule has 0 amide bonds. The third-order valence-electron chi connectivity index (χ3n) is 6.33. The Hall–Kier alpha value is -3.39. The van der Waals surface area contributed by atoms with Gasteiger partial charge in [-0.3, -0.25) is 4.21 Å². The zero-order valence-electron chi connectivity index (χ0n) is 24.6. The van der Waals surface area contributed by atoms with E-state index in [0.29, 0.717) is 16.8 Å². The van der Waals surface area contributed by atoms with Gasteiger partial charge in [0.1, 0.15) is 0 Å². The second-order valence-corrected chi connectivity index (χ2v) is 14.4. The molecule has 1 atom stereocenters. The highest BCUT2D eigenvalue weighted by Crippen LogP contribution is 2.31. The van der Waals surface area contributed by atoms with Gasteiger partial charge in [-0.25, -0.2) is 32.3 Å². The molecule has 238 valence electrons. The minimum absolute atomic E-state index is 0. The van der Waals surface area contributed by atoms with Crippen molar-refractivity contribution in [3.8, 4) is 22.5 Å². The number of H-pyrrole nitrogens is 1. The van der Waals surface area contributed by atoms with E-state index in [1.165, 1.54) is 3.97 Å². The van der Waals surface area contributed by atoms with Crippen molar-refractivity contribution in [3.05, 3.63) is 96.0 Å². The summed E-state index contributed by atoms with van der Waals surface area (Å²) in [5, 5.41) is 1.58. The van der Waals surface area contributed by atoms with Crippen molar-refractivity contribution in [2.75, 3.05) is 0 Å². The average Bonchev–Trinajstić information content (AvgIpc) is 3.60. The van der Waals surface area contributed by atoms with E-state index in [-0.39, 0.29) is 28.2 Å². The van der Waals surface area contributed by atoms with Crippen LogP contribution in [0.1, 0.15) is 27.7 Å². The quantitative estimate of drug-likeness (QED) is 0.145. The summed E-state index contributed by atoms with van der Waals surface area (Å²) in [4.78, 5) is 19.3. The maximum absolute atomic E-state index is 12.6. The smallest absolute Gasteiger partial charge is 0.241 e. The molecule has 0 aliphatic heterocycles. The zero-order chi connectivity index (χ0) is 32.0. The van der Waals surface area contributed by atoms with Crippen LogP contribution in [0.3, 0.4) is 0 Å². The van der Waals surface area contributed by atoms with Crippen LogP contribution in [0, 0.1) is 0 Å². The van der Waals surface area contributed by atoms with Crippen LogP contribution in [0.4, 0.5) is 0 Å². The number of nitrogens with zero attached hydrogens (tertiary/aromatic N) is 5. The average molecular weight is 709 g/mol. The molecule has 6 rings (SSSR count). The lowest BCUT2D eigenvalue weighted by molar-refractivity contribution is 0.528. The van der Waals surface area contributed by atoms with Crippen molar-refractivity contribution in [1.82, 2.24) is 28.9 Å². The van der Waals surface area contributed by atoms with E-state index in [4.69, 9.17) is 23.2 Å². The van der Waals surface area contributed by atoms with Gasteiger partial charge in [-0.2, -0.15) is 0 Å². The number of rotatable bonds is 5. The van der Waals surface area contributed by atoms with E-state index < -0.39 is 26.4 Å². The number of aromatic amines is 1. The van der Waals surface area contributed by atoms with Gasteiger partial charge in [0.15, 0.2) is 0 Å². The number of halogens is 3. The van der Waals surface area contributed by atoms with Gasteiger partial charge in [-0.1, -0.05) is 61.3 Å². The maximum atomic E-state index is 12.6. The first-order valence-electron chi connectivity index (χ1n) is 13.4. The van der Waals surface area contributed by atoms with Crippen LogP contribution in [0.15, 0.2) is 85.5 Å². The topological polar surface area (TPSA) is 147 Å². The van der Waals surface area contributed by atoms with Gasteiger partial charge in [0.05, 0.1) is 22.2 Å². The van der Waals surface area contributed by atoms with Crippen molar-refractivity contribution < 1.29 is 17.2 Å². The highest BCUT2D eigenvalue weighted by Gasteiger charge is 2.23. The Bertz CT molecular complexity index is 2030. The fraction of sp³-hybridized carbons (Fsp3) is 0.200. The molecule has 4 heterocycles. The first-order chi connectivity index (χ1) is 20.9. The lowest BCUT2D eigenvalue weighted by Gasteiger charge is -2.09. The first kappa shape index (κ1) is 36.1. The number of para-hydroxylation sites is 2. The normalized spacial score (nSPS) is 11.8. The molecule has 15 heteroatoms. The van der Waals surface area contributed by atoms with Gasteiger partial charge in [0.2, 0.25) is 20.6 Å². The molecule has 1 unspecified atom stereocenters. The lowest BCUT2D eigenvalue weighted by Crippen LogP contribution is -2.21. The Morgan fingerprint density at radius 1 is 0.822 bits per heavy atom. The lowest BCUT2D eigenvalue weighted by atomic mass is 10.1. The molecule has 0 saturated carbocycles. The Morgan fingerprint density at radius 2 is 1.33 bits per heavy atom. The van der Waals surface area contributed by atoms with Crippen LogP contribution >= 0.6 is 35.6 Å². The Kier molecular flexibility index (Phi) is 12.6. The number of hydrogen-bond donors (Lipinski definition) is 1. The summed E-state index contributed by atoms with van der Waals surface area (Å²) < 4.78 is 45.8. The molecule has 0 fully saturated rings. The van der Waals surface area contributed by atoms with Crippen LogP contribution in [0.2, 0.25) is 10.6 Å². The van der Waals surface area contributed by atoms with E-state index in [2.05, 4.69) is 31.0 Å². The van der Waals surface area contributed by atoms with Crippen molar-refractivity contribution in [1.29, 1.82) is 0 Å². The summed E-state index contributed by atoms with van der Waals surface area (Å²) >= 11 is 9.76. The summed E-state index contributed by atoms with van der Waals surface area (Å²) in [6.07, 6.45) is 6.74. The predicted molar refractivity (Wildman–Crippen MR) is 183 cm³/mol. The standard InChI is InChI=1S/C15H14ClN3O2S.C12H8ClN3.C3H8O2S.ClH/c1-10(2)22(20,21)19-9-12(11-5-3-4-6-14(11)19)13-7-8-17-15(16)18-13;13-12-14-6-5-11(16-12)9-7-15-10-4-2-1-3-8(9)10;1-3(2)6(4)5;/h3-10H,1-2H3;1-7,15H;3H,1-2H3,(H,4,5);1H/p-1. The van der Waals surface area contributed by atoms with Gasteiger partial charge in [0.25, 0.3) is 0 Å². The summed E-state index contributed by atoms with van der Waals surface area (Å²) in [6, 6.07) is 19.0. The Balaban J connectivity index is 0.000000211. The fourth-order valence-electron chi connectivity index (χ4n) is 4.04. The van der Waals surface area contributed by atoms with E-state index in [1.54, 1.807) is 58.4 Å². The summed E-state index contributed by atoms with van der Waals surface area (Å²) in [5.74, 6) is 0. The summed E-state index contributed by atoms with van der Waals surface area (Å²) in [5.41, 5.74) is 4.89. The third-order valence-corrected chi connectivity index (χ3v) is 9.50. The number of aromatic nitrogens is 6. The fourth-order valence-corrected chi connectivity index (χ4v) is 5.48. The zero-order valence-corrected chi connectivity index (χ0v) is 28.5. The number of benzene rings is 2. The molecule has 10 nitrogen and oxygen atoms in total. The monoisotopic (exact) mass is 707 g/mol. The van der Waals surface area contributed by atoms with Crippen molar-refractivity contribution in [3.63, 3.8) is 0 Å². The minimum Gasteiger partial charge on any atom is -0.772 e. The minimum atomic E-state index is -3.46. The maximum Gasteiger partial charge on any atom is 0.241 e. The van der Waals surface area contributed by atoms with E-state index in [0.717, 1.165) is 27.5 Å². The highest BCUT2D eigenvalue weighted by atomic mass is 35.5. The van der Waals surface area contributed by atoms with E-state index in [1.807, 2.05) is 48.7 Å². The van der Waals surface area contributed by atoms with Gasteiger partial charge in [-0.15, -0.1) is 12.4 Å². The molecule has 0 bridgehead atoms. The largest absolute Gasteiger partial charge is 0.772 e. The van der Waals surface area contributed by atoms with Crippen molar-refractivity contribution in [2.45, 2.75) is 38.2 Å². The van der Waals surface area contributed by atoms with Gasteiger partial charge < -0.3 is 9.54 Å². The van der Waals surface area contributed by atoms with Gasteiger partial charge in [-0.05, 0) is 61.3 Å². The SMILES string of the molecule is CC(C)S(=O)(=O)n1cc(-c2ccnc(Cl)n2)c2ccccc21.CC(C)S(=O)[O-].Cl.Clc1nccc(-c2c[nH]c3ccccc23)n1. The molecule has 0 spiro atoms. The molecule has 1 N–H and O–H groups in total. The van der Waals surface area contributed by atoms with E-state index in [9.17, 15) is 17.2 Å². The number of hydrogen-bond acceptors (Lipinski definition) is 8. The third kappa shape index (κ3) is 8.66. The van der Waals surface area contributed by atoms with Crippen LogP contribution < -0.4 is 0 Å². The van der Waals surface area contributed by atoms with Gasteiger partial charge in [0, 0.05) is 57.5 Å². The van der Waals surface area contributed by atoms with Gasteiger partial charge >= 0.3 is 0 Å². The molecular weight excluding hydrogens is 679 g/mol. The predicted octanol–water partition coefficient (Wildman–Crippen LogP) is 7.31. The molecule has 6 aromatic rings. The summed E-state index contributed by atoms with van der Waals surface area (Å²) in [6.45, 7) is 6.57. The molecule has 2 aromatic carbocycles. The number of fused-ring (bicyclic) bond motifs is 2. The molecular formula is C30H30Cl3N6O4S2-. The van der Waals surface area contributed by atoms with Crippen LogP contribution in [0.25, 0.3) is 44.3 Å². The van der Waals surface area contributed by atoms with Crippen molar-refractivity contribution >= 4 is 78.5 Å². The Morgan fingerprint density at radius 3 is 1.87 bits per heavy atom. The van der Waals surface area contributed by atoms with Crippen LogP contribution in [-0.4, -0.2) is 56.6 Å². The Labute approximate surface area is 280 Å². The van der Waals surface area contributed by atoms with Crippen LogP contribution in [-0.2, 0) is 21.1 Å². The molecule has 0 saturated heterocycles. The number of nitrogens with one attached hydrogen (secondary N) is 1. The molecule has 0 aliphatic rings.